The van der Waals surface area contributed by atoms with Gasteiger partial charge in [0.25, 0.3) is 5.91 Å². The van der Waals surface area contributed by atoms with Crippen molar-refractivity contribution in [3.05, 3.63) is 24.0 Å². The van der Waals surface area contributed by atoms with Crippen LogP contribution in [-0.2, 0) is 9.59 Å². The van der Waals surface area contributed by atoms with Crippen molar-refractivity contribution in [2.24, 2.45) is 0 Å². The van der Waals surface area contributed by atoms with Gasteiger partial charge >= 0.3 is 6.03 Å². The van der Waals surface area contributed by atoms with Crippen molar-refractivity contribution in [1.29, 1.82) is 0 Å². The number of urea groups is 1. The van der Waals surface area contributed by atoms with Gasteiger partial charge in [-0.2, -0.15) is 0 Å². The second-order valence-electron chi connectivity index (χ2n) is 4.61. The maximum Gasteiger partial charge on any atom is 0.325 e. The van der Waals surface area contributed by atoms with Crippen LogP contribution < -0.4 is 16.0 Å². The second kappa shape index (κ2) is 6.69. The van der Waals surface area contributed by atoms with Crippen LogP contribution in [0.4, 0.5) is 10.5 Å². The number of rotatable bonds is 6. The maximum atomic E-state index is 11.6. The Hall–Kier alpha value is -2.64. The van der Waals surface area contributed by atoms with Gasteiger partial charge in [0.2, 0.25) is 5.91 Å². The summed E-state index contributed by atoms with van der Waals surface area (Å²) >= 11 is 0. The van der Waals surface area contributed by atoms with E-state index >= 15 is 0 Å². The van der Waals surface area contributed by atoms with Crippen LogP contribution in [0.15, 0.2) is 18.5 Å². The smallest absolute Gasteiger partial charge is 0.325 e. The summed E-state index contributed by atoms with van der Waals surface area (Å²) in [7, 11) is 0. The zero-order valence-corrected chi connectivity index (χ0v) is 11.7. The van der Waals surface area contributed by atoms with Crippen LogP contribution in [0.3, 0.4) is 0 Å². The Bertz CT molecular complexity index is 544. The molecule has 112 valence electrons. The molecular weight excluding hydrogens is 274 g/mol. The van der Waals surface area contributed by atoms with Gasteiger partial charge in [-0.05, 0) is 18.6 Å². The minimum Gasteiger partial charge on any atom is -0.383 e. The molecule has 0 bridgehead atoms. The fourth-order valence-corrected chi connectivity index (χ4v) is 1.89. The van der Waals surface area contributed by atoms with Gasteiger partial charge in [0.1, 0.15) is 6.54 Å². The Morgan fingerprint density at radius 3 is 2.90 bits per heavy atom. The number of anilines is 1. The highest BCUT2D eigenvalue weighted by atomic mass is 16.2. The monoisotopic (exact) mass is 291 g/mol. The molecule has 0 spiro atoms. The maximum absolute atomic E-state index is 11.6. The van der Waals surface area contributed by atoms with E-state index in [4.69, 9.17) is 0 Å². The van der Waals surface area contributed by atoms with Crippen LogP contribution in [0.5, 0.6) is 0 Å². The molecule has 21 heavy (non-hydrogen) atoms. The van der Waals surface area contributed by atoms with E-state index in [1.54, 1.807) is 12.4 Å². The number of imide groups is 1. The number of carbonyl (C=O) groups is 3. The van der Waals surface area contributed by atoms with Gasteiger partial charge in [0, 0.05) is 31.2 Å². The number of nitrogens with one attached hydrogen (secondary N) is 3. The van der Waals surface area contributed by atoms with Crippen LogP contribution in [0.25, 0.3) is 0 Å². The van der Waals surface area contributed by atoms with Gasteiger partial charge in [0.05, 0.1) is 6.54 Å². The van der Waals surface area contributed by atoms with Crippen molar-refractivity contribution in [2.75, 3.05) is 31.5 Å². The highest BCUT2D eigenvalue weighted by molar-refractivity contribution is 6.04. The highest BCUT2D eigenvalue weighted by Crippen LogP contribution is 2.10. The fraction of sp³-hybridized carbons (Fsp3) is 0.385. The normalized spacial score (nSPS) is 14.0. The molecule has 3 N–H and O–H groups in total. The lowest BCUT2D eigenvalue weighted by Gasteiger charge is -2.13. The second-order valence-corrected chi connectivity index (χ2v) is 4.61. The van der Waals surface area contributed by atoms with E-state index in [1.165, 1.54) is 0 Å². The molecule has 1 aromatic rings. The summed E-state index contributed by atoms with van der Waals surface area (Å²) in [6.07, 6.45) is 3.43. The number of nitrogens with zero attached hydrogens (tertiary/aromatic N) is 2. The van der Waals surface area contributed by atoms with E-state index in [-0.39, 0.29) is 24.9 Å². The average Bonchev–Trinajstić information content (AvgIpc) is 2.77. The van der Waals surface area contributed by atoms with E-state index in [0.29, 0.717) is 13.1 Å². The number of aromatic nitrogens is 1. The predicted molar refractivity (Wildman–Crippen MR) is 75.6 cm³/mol. The van der Waals surface area contributed by atoms with Gasteiger partial charge in [-0.15, -0.1) is 0 Å². The van der Waals surface area contributed by atoms with Crippen LogP contribution in [0, 0.1) is 6.92 Å². The summed E-state index contributed by atoms with van der Waals surface area (Å²) in [6.45, 7) is 2.57. The van der Waals surface area contributed by atoms with Crippen molar-refractivity contribution >= 4 is 23.5 Å². The third-order valence-electron chi connectivity index (χ3n) is 3.02. The molecule has 0 saturated carbocycles. The molecule has 0 atom stereocenters. The molecule has 2 rings (SSSR count). The lowest BCUT2D eigenvalue weighted by Crippen LogP contribution is -2.42. The molecule has 1 fully saturated rings. The lowest BCUT2D eigenvalue weighted by molar-refractivity contribution is -0.130. The van der Waals surface area contributed by atoms with Crippen LogP contribution >= 0.6 is 0 Å². The summed E-state index contributed by atoms with van der Waals surface area (Å²) in [5, 5.41) is 8.17. The Morgan fingerprint density at radius 1 is 1.43 bits per heavy atom. The summed E-state index contributed by atoms with van der Waals surface area (Å²) in [5.41, 5.74) is 1.97. The molecule has 1 aromatic heterocycles. The number of aryl methyl sites for hydroxylation is 1. The zero-order chi connectivity index (χ0) is 15.2. The summed E-state index contributed by atoms with van der Waals surface area (Å²) in [6, 6.07) is 1.32. The Balaban J connectivity index is 1.69. The number of pyridine rings is 1. The summed E-state index contributed by atoms with van der Waals surface area (Å²) < 4.78 is 0. The number of hydrogen-bond donors (Lipinski definition) is 3. The molecule has 0 aliphatic carbocycles. The van der Waals surface area contributed by atoms with Crippen molar-refractivity contribution < 1.29 is 14.4 Å². The molecule has 0 radical (unpaired) electrons. The molecule has 2 heterocycles. The fourth-order valence-electron chi connectivity index (χ4n) is 1.89. The zero-order valence-electron chi connectivity index (χ0n) is 11.7. The SMILES string of the molecule is Cc1cnccc1NCCNC(=O)CN1C(=O)CNC1=O. The quantitative estimate of drug-likeness (QED) is 0.483. The van der Waals surface area contributed by atoms with Gasteiger partial charge in [-0.25, -0.2) is 4.79 Å². The van der Waals surface area contributed by atoms with Crippen molar-refractivity contribution in [2.45, 2.75) is 6.92 Å². The topological polar surface area (TPSA) is 103 Å². The van der Waals surface area contributed by atoms with E-state index in [0.717, 1.165) is 16.2 Å². The summed E-state index contributed by atoms with van der Waals surface area (Å²) in [4.78, 5) is 39.1. The van der Waals surface area contributed by atoms with Crippen molar-refractivity contribution in [1.82, 2.24) is 20.5 Å². The van der Waals surface area contributed by atoms with E-state index in [1.807, 2.05) is 13.0 Å². The van der Waals surface area contributed by atoms with E-state index in [9.17, 15) is 14.4 Å². The molecular formula is C13H17N5O3. The van der Waals surface area contributed by atoms with Gasteiger partial charge in [-0.3, -0.25) is 19.5 Å². The number of hydrogen-bond acceptors (Lipinski definition) is 5. The van der Waals surface area contributed by atoms with Gasteiger partial charge in [-0.1, -0.05) is 0 Å². The first-order chi connectivity index (χ1) is 10.1. The van der Waals surface area contributed by atoms with Crippen molar-refractivity contribution in [3.8, 4) is 0 Å². The number of carbonyl (C=O) groups excluding carboxylic acids is 3. The first-order valence-corrected chi connectivity index (χ1v) is 6.57. The molecule has 1 saturated heterocycles. The molecule has 1 aliphatic heterocycles. The van der Waals surface area contributed by atoms with Crippen molar-refractivity contribution in [3.63, 3.8) is 0 Å². The van der Waals surface area contributed by atoms with Crippen LogP contribution in [0.1, 0.15) is 5.56 Å². The molecule has 4 amide bonds. The molecule has 0 aromatic carbocycles. The predicted octanol–water partition coefficient (Wildman–Crippen LogP) is -0.530. The third kappa shape index (κ3) is 3.91. The van der Waals surface area contributed by atoms with Gasteiger partial charge in [0.15, 0.2) is 0 Å². The molecule has 0 unspecified atom stereocenters. The van der Waals surface area contributed by atoms with E-state index < -0.39 is 6.03 Å². The Labute approximate surface area is 121 Å². The first kappa shape index (κ1) is 14.8. The third-order valence-corrected chi connectivity index (χ3v) is 3.02. The first-order valence-electron chi connectivity index (χ1n) is 6.57. The summed E-state index contributed by atoms with van der Waals surface area (Å²) in [5.74, 6) is -0.755. The van der Waals surface area contributed by atoms with Crippen LogP contribution in [-0.4, -0.2) is 53.9 Å². The Kier molecular flexibility index (Phi) is 4.70. The molecule has 8 heteroatoms. The highest BCUT2D eigenvalue weighted by Gasteiger charge is 2.29. The van der Waals surface area contributed by atoms with Crippen LogP contribution in [0.2, 0.25) is 0 Å². The number of amides is 4. The van der Waals surface area contributed by atoms with Gasteiger partial charge < -0.3 is 16.0 Å². The molecule has 1 aliphatic rings. The largest absolute Gasteiger partial charge is 0.383 e. The minimum atomic E-state index is -0.527. The molecule has 8 nitrogen and oxygen atoms in total. The van der Waals surface area contributed by atoms with E-state index in [2.05, 4.69) is 20.9 Å². The lowest BCUT2D eigenvalue weighted by atomic mass is 10.2. The Morgan fingerprint density at radius 2 is 2.24 bits per heavy atom. The average molecular weight is 291 g/mol. The standard InChI is InChI=1S/C13H17N5O3/c1-9-6-14-3-2-10(9)15-4-5-16-11(19)8-18-12(20)7-17-13(18)21/h2-3,6H,4-5,7-8H2,1H3,(H,14,15)(H,16,19)(H,17,21). The minimum absolute atomic E-state index is 0.0466.